The van der Waals surface area contributed by atoms with Gasteiger partial charge in [0.05, 0.1) is 5.69 Å². The molecule has 0 atom stereocenters. The molecular formula is C57H41NO. The van der Waals surface area contributed by atoms with Crippen LogP contribution in [0.15, 0.2) is 235 Å². The Morgan fingerprint density at radius 2 is 0.729 bits per heavy atom. The molecule has 0 amide bonds. The largest absolute Gasteiger partial charge is 0.456 e. The Bertz CT molecular complexity index is 3020. The van der Waals surface area contributed by atoms with Gasteiger partial charge in [-0.1, -0.05) is 182 Å². The summed E-state index contributed by atoms with van der Waals surface area (Å²) in [5, 5.41) is 1.16. The normalized spacial score (nSPS) is 11.1. The van der Waals surface area contributed by atoms with Gasteiger partial charge in [-0.3, -0.25) is 0 Å². The SMILES string of the molecule is Cc1c(-c2cccc(-c3ccc(-c4ccc(N(c5ccc(-c6cccc(-c7ccccc7)c6)cc5)c5ccccc5-c5ccccc5)cc4)cc3)c2)oc2ccccc12. The Balaban J connectivity index is 0.966. The average Bonchev–Trinajstić information content (AvgIpc) is 3.66. The molecule has 0 aliphatic rings. The molecule has 0 aliphatic heterocycles. The van der Waals surface area contributed by atoms with Crippen molar-refractivity contribution in [3.05, 3.63) is 236 Å². The molecule has 1 aromatic heterocycles. The van der Waals surface area contributed by atoms with Gasteiger partial charge in [0.25, 0.3) is 0 Å². The van der Waals surface area contributed by atoms with Crippen LogP contribution in [-0.2, 0) is 0 Å². The minimum atomic E-state index is 0.920. The molecule has 1 heterocycles. The predicted molar refractivity (Wildman–Crippen MR) is 248 cm³/mol. The summed E-state index contributed by atoms with van der Waals surface area (Å²) in [7, 11) is 0. The van der Waals surface area contributed by atoms with E-state index >= 15 is 0 Å². The third-order valence-corrected chi connectivity index (χ3v) is 11.3. The number of hydrogen-bond acceptors (Lipinski definition) is 2. The van der Waals surface area contributed by atoms with E-state index in [0.717, 1.165) is 50.5 Å². The molecule has 0 saturated carbocycles. The van der Waals surface area contributed by atoms with Gasteiger partial charge in [-0.2, -0.15) is 0 Å². The first kappa shape index (κ1) is 35.7. The standard InChI is InChI=1S/C57H41NO/c1-40-53-22-9-11-25-56(53)59-57(40)50-21-13-20-49(39-50)44-28-26-42(27-29-44)43-30-34-51(35-31-43)58(55-24-10-8-23-54(55)46-16-6-3-7-17-46)52-36-32-45(33-37-52)48-19-12-18-47(38-48)41-14-4-2-5-15-41/h2-39H,1H3. The number of rotatable bonds is 9. The zero-order valence-electron chi connectivity index (χ0n) is 32.8. The van der Waals surface area contributed by atoms with E-state index in [1.54, 1.807) is 0 Å². The van der Waals surface area contributed by atoms with Crippen molar-refractivity contribution in [2.75, 3.05) is 4.90 Å². The van der Waals surface area contributed by atoms with Gasteiger partial charge >= 0.3 is 0 Å². The highest BCUT2D eigenvalue weighted by molar-refractivity contribution is 5.90. The summed E-state index contributed by atoms with van der Waals surface area (Å²) >= 11 is 0. The molecule has 280 valence electrons. The summed E-state index contributed by atoms with van der Waals surface area (Å²) in [6, 6.07) is 82.3. The number of fused-ring (bicyclic) bond motifs is 1. The lowest BCUT2D eigenvalue weighted by Crippen LogP contribution is -2.11. The number of hydrogen-bond donors (Lipinski definition) is 0. The Hall–Kier alpha value is -7.68. The van der Waals surface area contributed by atoms with Gasteiger partial charge in [0.15, 0.2) is 0 Å². The van der Waals surface area contributed by atoms with Gasteiger partial charge in [-0.15, -0.1) is 0 Å². The minimum Gasteiger partial charge on any atom is -0.456 e. The van der Waals surface area contributed by atoms with E-state index in [2.05, 4.69) is 230 Å². The maximum atomic E-state index is 6.30. The van der Waals surface area contributed by atoms with Crippen molar-refractivity contribution in [2.24, 2.45) is 0 Å². The van der Waals surface area contributed by atoms with Crippen LogP contribution in [0.2, 0.25) is 0 Å². The molecule has 10 rings (SSSR count). The van der Waals surface area contributed by atoms with Gasteiger partial charge < -0.3 is 9.32 Å². The van der Waals surface area contributed by atoms with Crippen molar-refractivity contribution in [2.45, 2.75) is 6.92 Å². The average molecular weight is 756 g/mol. The third kappa shape index (κ3) is 7.14. The van der Waals surface area contributed by atoms with E-state index in [1.807, 2.05) is 12.1 Å². The summed E-state index contributed by atoms with van der Waals surface area (Å²) in [4.78, 5) is 2.37. The number of nitrogens with zero attached hydrogens (tertiary/aromatic N) is 1. The fourth-order valence-electron chi connectivity index (χ4n) is 8.22. The monoisotopic (exact) mass is 755 g/mol. The molecule has 0 bridgehead atoms. The van der Waals surface area contributed by atoms with Crippen molar-refractivity contribution < 1.29 is 4.42 Å². The van der Waals surface area contributed by atoms with Crippen LogP contribution >= 0.6 is 0 Å². The van der Waals surface area contributed by atoms with Crippen molar-refractivity contribution in [1.82, 2.24) is 0 Å². The van der Waals surface area contributed by atoms with Gasteiger partial charge in [0.2, 0.25) is 0 Å². The number of para-hydroxylation sites is 2. The highest BCUT2D eigenvalue weighted by Gasteiger charge is 2.18. The van der Waals surface area contributed by atoms with E-state index in [4.69, 9.17) is 4.42 Å². The quantitative estimate of drug-likeness (QED) is 0.146. The molecule has 10 aromatic rings. The van der Waals surface area contributed by atoms with E-state index < -0.39 is 0 Å². The van der Waals surface area contributed by atoms with Crippen LogP contribution in [0.4, 0.5) is 17.1 Å². The van der Waals surface area contributed by atoms with E-state index in [1.165, 1.54) is 50.1 Å². The lowest BCUT2D eigenvalue weighted by molar-refractivity contribution is 0.629. The van der Waals surface area contributed by atoms with Crippen molar-refractivity contribution in [3.8, 4) is 67.0 Å². The molecule has 0 radical (unpaired) electrons. The first-order valence-corrected chi connectivity index (χ1v) is 20.2. The van der Waals surface area contributed by atoms with Gasteiger partial charge in [0, 0.05) is 33.5 Å². The molecule has 0 unspecified atom stereocenters. The molecule has 0 N–H and O–H groups in total. The minimum absolute atomic E-state index is 0.920. The molecule has 0 saturated heterocycles. The van der Waals surface area contributed by atoms with E-state index in [-0.39, 0.29) is 0 Å². The fourth-order valence-corrected chi connectivity index (χ4v) is 8.22. The summed E-state index contributed by atoms with van der Waals surface area (Å²) in [6.07, 6.45) is 0. The summed E-state index contributed by atoms with van der Waals surface area (Å²) in [5.74, 6) is 0.926. The Morgan fingerprint density at radius 1 is 0.322 bits per heavy atom. The number of benzene rings is 9. The Morgan fingerprint density at radius 3 is 1.31 bits per heavy atom. The Labute approximate surface area is 345 Å². The van der Waals surface area contributed by atoms with Gasteiger partial charge in [-0.05, 0) is 106 Å². The number of furan rings is 1. The second kappa shape index (κ2) is 15.7. The first-order chi connectivity index (χ1) is 29.2. The third-order valence-electron chi connectivity index (χ3n) is 11.3. The summed E-state index contributed by atoms with van der Waals surface area (Å²) < 4.78 is 6.30. The van der Waals surface area contributed by atoms with Gasteiger partial charge in [-0.25, -0.2) is 0 Å². The second-order valence-corrected chi connectivity index (χ2v) is 15.0. The smallest absolute Gasteiger partial charge is 0.138 e. The van der Waals surface area contributed by atoms with E-state index in [0.29, 0.717) is 0 Å². The van der Waals surface area contributed by atoms with Crippen molar-refractivity contribution in [3.63, 3.8) is 0 Å². The number of anilines is 3. The summed E-state index contributed by atoms with van der Waals surface area (Å²) in [6.45, 7) is 2.14. The zero-order valence-corrected chi connectivity index (χ0v) is 32.8. The highest BCUT2D eigenvalue weighted by atomic mass is 16.3. The van der Waals surface area contributed by atoms with Crippen molar-refractivity contribution in [1.29, 1.82) is 0 Å². The lowest BCUT2D eigenvalue weighted by Gasteiger charge is -2.28. The van der Waals surface area contributed by atoms with Crippen LogP contribution in [0.1, 0.15) is 5.56 Å². The predicted octanol–water partition coefficient (Wildman–Crippen LogP) is 16.2. The molecule has 0 spiro atoms. The fraction of sp³-hybridized carbons (Fsp3) is 0.0175. The molecule has 9 aromatic carbocycles. The number of aryl methyl sites for hydroxylation is 1. The molecule has 2 nitrogen and oxygen atoms in total. The van der Waals surface area contributed by atoms with Crippen LogP contribution in [0, 0.1) is 6.92 Å². The van der Waals surface area contributed by atoms with Crippen molar-refractivity contribution >= 4 is 28.0 Å². The molecule has 59 heavy (non-hydrogen) atoms. The zero-order chi connectivity index (χ0) is 39.5. The van der Waals surface area contributed by atoms with Crippen LogP contribution in [0.5, 0.6) is 0 Å². The molecule has 0 fully saturated rings. The van der Waals surface area contributed by atoms with Crippen LogP contribution in [-0.4, -0.2) is 0 Å². The van der Waals surface area contributed by atoms with Crippen LogP contribution in [0.3, 0.4) is 0 Å². The topological polar surface area (TPSA) is 16.4 Å². The first-order valence-electron chi connectivity index (χ1n) is 20.2. The summed E-state index contributed by atoms with van der Waals surface area (Å²) in [5.41, 5.74) is 18.3. The van der Waals surface area contributed by atoms with Gasteiger partial charge in [0.1, 0.15) is 11.3 Å². The maximum absolute atomic E-state index is 6.30. The van der Waals surface area contributed by atoms with Crippen LogP contribution in [0.25, 0.3) is 77.9 Å². The molecule has 2 heteroatoms. The Kier molecular flexibility index (Phi) is 9.50. The van der Waals surface area contributed by atoms with Crippen LogP contribution < -0.4 is 4.90 Å². The molecule has 0 aliphatic carbocycles. The second-order valence-electron chi connectivity index (χ2n) is 15.0. The lowest BCUT2D eigenvalue weighted by atomic mass is 9.97. The van der Waals surface area contributed by atoms with E-state index in [9.17, 15) is 0 Å². The maximum Gasteiger partial charge on any atom is 0.138 e. The molecular weight excluding hydrogens is 715 g/mol. The highest BCUT2D eigenvalue weighted by Crippen LogP contribution is 2.42.